The van der Waals surface area contributed by atoms with E-state index in [1.807, 2.05) is 54.6 Å². The summed E-state index contributed by atoms with van der Waals surface area (Å²) in [7, 11) is 0. The lowest BCUT2D eigenvalue weighted by molar-refractivity contribution is -0.123. The predicted molar refractivity (Wildman–Crippen MR) is 91.5 cm³/mol. The first kappa shape index (κ1) is 16.5. The van der Waals surface area contributed by atoms with Gasteiger partial charge in [-0.2, -0.15) is 0 Å². The number of carbonyl (C=O) groups excluding carboxylic acids is 1. The standard InChI is InChI=1S/C19H22N2O3/c22-16-10-18(20-12-16)19(23)21-11-14-6-8-15(9-7-14)13-24-17-4-2-1-3-5-17/h1-9,16,18,20,22H,10-13H2,(H,21,23)/t16-,18+/m0/s1. The van der Waals surface area contributed by atoms with Crippen molar-refractivity contribution in [3.05, 3.63) is 65.7 Å². The molecule has 0 bridgehead atoms. The maximum Gasteiger partial charge on any atom is 0.237 e. The molecule has 3 N–H and O–H groups in total. The number of ether oxygens (including phenoxy) is 1. The summed E-state index contributed by atoms with van der Waals surface area (Å²) in [5.41, 5.74) is 2.11. The highest BCUT2D eigenvalue weighted by atomic mass is 16.5. The number of carbonyl (C=O) groups is 1. The lowest BCUT2D eigenvalue weighted by atomic mass is 10.1. The van der Waals surface area contributed by atoms with Gasteiger partial charge in [-0.15, -0.1) is 0 Å². The first-order valence-corrected chi connectivity index (χ1v) is 8.15. The molecule has 2 aromatic carbocycles. The Bertz CT molecular complexity index is 658. The van der Waals surface area contributed by atoms with Gasteiger partial charge in [0, 0.05) is 13.1 Å². The number of aliphatic hydroxyl groups excluding tert-OH is 1. The largest absolute Gasteiger partial charge is 0.489 e. The van der Waals surface area contributed by atoms with Crippen LogP contribution in [0.4, 0.5) is 0 Å². The molecule has 1 heterocycles. The lowest BCUT2D eigenvalue weighted by Crippen LogP contribution is -2.39. The molecule has 1 saturated heterocycles. The number of rotatable bonds is 6. The summed E-state index contributed by atoms with van der Waals surface area (Å²) in [5.74, 6) is 0.781. The summed E-state index contributed by atoms with van der Waals surface area (Å²) in [6.45, 7) is 1.47. The van der Waals surface area contributed by atoms with Crippen LogP contribution in [-0.4, -0.2) is 29.7 Å². The molecule has 24 heavy (non-hydrogen) atoms. The highest BCUT2D eigenvalue weighted by Crippen LogP contribution is 2.12. The Kier molecular flexibility index (Phi) is 5.46. The summed E-state index contributed by atoms with van der Waals surface area (Å²) in [5, 5.41) is 15.3. The average molecular weight is 326 g/mol. The van der Waals surface area contributed by atoms with E-state index in [1.165, 1.54) is 0 Å². The van der Waals surface area contributed by atoms with Crippen LogP contribution in [0.3, 0.4) is 0 Å². The molecular weight excluding hydrogens is 304 g/mol. The fraction of sp³-hybridized carbons (Fsp3) is 0.316. The minimum absolute atomic E-state index is 0.0666. The van der Waals surface area contributed by atoms with Gasteiger partial charge in [0.05, 0.1) is 12.1 Å². The highest BCUT2D eigenvalue weighted by Gasteiger charge is 2.27. The molecule has 0 aliphatic carbocycles. The topological polar surface area (TPSA) is 70.6 Å². The fourth-order valence-electron chi connectivity index (χ4n) is 2.67. The van der Waals surface area contributed by atoms with Crippen LogP contribution in [0.1, 0.15) is 17.5 Å². The van der Waals surface area contributed by atoms with Gasteiger partial charge in [-0.05, 0) is 29.7 Å². The van der Waals surface area contributed by atoms with Crippen molar-refractivity contribution < 1.29 is 14.6 Å². The second kappa shape index (κ2) is 7.95. The summed E-state index contributed by atoms with van der Waals surface area (Å²) in [4.78, 5) is 12.0. The van der Waals surface area contributed by atoms with Crippen molar-refractivity contribution in [2.24, 2.45) is 0 Å². The van der Waals surface area contributed by atoms with Crippen LogP contribution in [0.25, 0.3) is 0 Å². The van der Waals surface area contributed by atoms with E-state index in [1.54, 1.807) is 0 Å². The van der Waals surface area contributed by atoms with E-state index in [2.05, 4.69) is 10.6 Å². The van der Waals surface area contributed by atoms with Gasteiger partial charge in [0.2, 0.25) is 5.91 Å². The maximum absolute atomic E-state index is 12.0. The second-order valence-corrected chi connectivity index (χ2v) is 5.99. The molecule has 0 saturated carbocycles. The number of hydrogen-bond donors (Lipinski definition) is 3. The first-order chi connectivity index (χ1) is 11.7. The predicted octanol–water partition coefficient (Wildman–Crippen LogP) is 1.60. The zero-order valence-corrected chi connectivity index (χ0v) is 13.4. The Balaban J connectivity index is 1.45. The Morgan fingerprint density at radius 3 is 2.50 bits per heavy atom. The second-order valence-electron chi connectivity index (χ2n) is 5.99. The number of aliphatic hydroxyl groups is 1. The van der Waals surface area contributed by atoms with Gasteiger partial charge in [0.15, 0.2) is 0 Å². The van der Waals surface area contributed by atoms with Crippen molar-refractivity contribution in [1.82, 2.24) is 10.6 Å². The molecule has 1 amide bonds. The molecule has 5 heteroatoms. The number of benzene rings is 2. The van der Waals surface area contributed by atoms with Crippen molar-refractivity contribution in [2.75, 3.05) is 6.54 Å². The van der Waals surface area contributed by atoms with Crippen LogP contribution in [0, 0.1) is 0 Å². The molecule has 1 aliphatic heterocycles. The molecule has 2 atom stereocenters. The van der Waals surface area contributed by atoms with Crippen molar-refractivity contribution in [2.45, 2.75) is 31.7 Å². The zero-order valence-electron chi connectivity index (χ0n) is 13.4. The number of para-hydroxylation sites is 1. The van der Waals surface area contributed by atoms with Gasteiger partial charge < -0.3 is 20.5 Å². The summed E-state index contributed by atoms with van der Waals surface area (Å²) < 4.78 is 5.71. The van der Waals surface area contributed by atoms with Crippen molar-refractivity contribution >= 4 is 5.91 Å². The summed E-state index contributed by atoms with van der Waals surface area (Å²) in [6, 6.07) is 17.4. The molecule has 0 spiro atoms. The maximum atomic E-state index is 12.0. The van der Waals surface area contributed by atoms with E-state index in [9.17, 15) is 9.90 Å². The number of amides is 1. The zero-order chi connectivity index (χ0) is 16.8. The average Bonchev–Trinajstić information content (AvgIpc) is 3.06. The Hall–Kier alpha value is -2.37. The normalized spacial score (nSPS) is 19.9. The minimum atomic E-state index is -0.426. The summed E-state index contributed by atoms with van der Waals surface area (Å²) >= 11 is 0. The third kappa shape index (κ3) is 4.57. The van der Waals surface area contributed by atoms with E-state index in [4.69, 9.17) is 4.74 Å². The van der Waals surface area contributed by atoms with E-state index in [-0.39, 0.29) is 11.9 Å². The van der Waals surface area contributed by atoms with Gasteiger partial charge in [-0.1, -0.05) is 42.5 Å². The molecule has 1 fully saturated rings. The quantitative estimate of drug-likeness (QED) is 0.754. The Morgan fingerprint density at radius 2 is 1.83 bits per heavy atom. The van der Waals surface area contributed by atoms with E-state index in [0.29, 0.717) is 26.1 Å². The van der Waals surface area contributed by atoms with E-state index >= 15 is 0 Å². The third-order valence-corrected chi connectivity index (χ3v) is 4.06. The lowest BCUT2D eigenvalue weighted by Gasteiger charge is -2.11. The van der Waals surface area contributed by atoms with Gasteiger partial charge in [-0.25, -0.2) is 0 Å². The third-order valence-electron chi connectivity index (χ3n) is 4.06. The van der Waals surface area contributed by atoms with Crippen LogP contribution in [0.15, 0.2) is 54.6 Å². The van der Waals surface area contributed by atoms with Gasteiger partial charge in [0.25, 0.3) is 0 Å². The van der Waals surface area contributed by atoms with Crippen LogP contribution >= 0.6 is 0 Å². The monoisotopic (exact) mass is 326 g/mol. The molecule has 5 nitrogen and oxygen atoms in total. The van der Waals surface area contributed by atoms with E-state index < -0.39 is 6.10 Å². The number of hydrogen-bond acceptors (Lipinski definition) is 4. The van der Waals surface area contributed by atoms with Crippen LogP contribution in [0.5, 0.6) is 5.75 Å². The number of nitrogens with one attached hydrogen (secondary N) is 2. The van der Waals surface area contributed by atoms with Crippen LogP contribution in [-0.2, 0) is 17.9 Å². The van der Waals surface area contributed by atoms with Gasteiger partial charge in [-0.3, -0.25) is 4.79 Å². The molecule has 3 rings (SSSR count). The SMILES string of the molecule is O=C(NCc1ccc(COc2ccccc2)cc1)[C@H]1C[C@H](O)CN1. The van der Waals surface area contributed by atoms with Crippen LogP contribution < -0.4 is 15.4 Å². The molecule has 0 unspecified atom stereocenters. The molecule has 2 aromatic rings. The molecule has 0 radical (unpaired) electrons. The fourth-order valence-corrected chi connectivity index (χ4v) is 2.67. The highest BCUT2D eigenvalue weighted by molar-refractivity contribution is 5.82. The number of β-amino-alcohol motifs (C(OH)–C–C–N with tert-alkyl or cyclic N) is 1. The molecular formula is C19H22N2O3. The van der Waals surface area contributed by atoms with Crippen LogP contribution in [0.2, 0.25) is 0 Å². The minimum Gasteiger partial charge on any atom is -0.489 e. The smallest absolute Gasteiger partial charge is 0.237 e. The van der Waals surface area contributed by atoms with E-state index in [0.717, 1.165) is 16.9 Å². The van der Waals surface area contributed by atoms with Crippen molar-refractivity contribution in [1.29, 1.82) is 0 Å². The summed E-state index contributed by atoms with van der Waals surface area (Å²) in [6.07, 6.45) is 0.0476. The van der Waals surface area contributed by atoms with Crippen molar-refractivity contribution in [3.63, 3.8) is 0 Å². The Morgan fingerprint density at radius 1 is 1.12 bits per heavy atom. The Labute approximate surface area is 141 Å². The van der Waals surface area contributed by atoms with Gasteiger partial charge >= 0.3 is 0 Å². The van der Waals surface area contributed by atoms with Crippen molar-refractivity contribution in [3.8, 4) is 5.75 Å². The molecule has 126 valence electrons. The van der Waals surface area contributed by atoms with Gasteiger partial charge in [0.1, 0.15) is 12.4 Å². The first-order valence-electron chi connectivity index (χ1n) is 8.15. The molecule has 0 aromatic heterocycles. The molecule has 1 aliphatic rings.